The first-order chi connectivity index (χ1) is 7.22. The quantitative estimate of drug-likeness (QED) is 0.678. The van der Waals surface area contributed by atoms with Gasteiger partial charge in [-0.15, -0.1) is 34.3 Å². The van der Waals surface area contributed by atoms with E-state index in [0.717, 1.165) is 6.42 Å². The molecule has 15 heavy (non-hydrogen) atoms. The molecule has 0 bridgehead atoms. The van der Waals surface area contributed by atoms with E-state index in [-0.39, 0.29) is 5.38 Å². The number of rotatable bonds is 3. The van der Waals surface area contributed by atoms with E-state index in [9.17, 15) is 0 Å². The zero-order valence-electron chi connectivity index (χ0n) is 8.79. The third-order valence-electron chi connectivity index (χ3n) is 2.41. The van der Waals surface area contributed by atoms with Crippen LogP contribution >= 0.6 is 34.3 Å². The van der Waals surface area contributed by atoms with Crippen molar-refractivity contribution < 1.29 is 0 Å². The zero-order chi connectivity index (χ0) is 10.8. The monoisotopic (exact) mass is 256 g/mol. The molecule has 1 unspecified atom stereocenters. The van der Waals surface area contributed by atoms with Crippen LogP contribution in [-0.4, -0.2) is 0 Å². The van der Waals surface area contributed by atoms with Gasteiger partial charge in [0.05, 0.1) is 0 Å². The number of aryl methyl sites for hydroxylation is 2. The molecule has 0 aromatic carbocycles. The highest BCUT2D eigenvalue weighted by Crippen LogP contribution is 2.37. The number of halogens is 1. The van der Waals surface area contributed by atoms with Crippen molar-refractivity contribution in [2.75, 3.05) is 0 Å². The third-order valence-corrected chi connectivity index (χ3v) is 5.50. The Labute approximate surface area is 104 Å². The van der Waals surface area contributed by atoms with E-state index in [2.05, 4.69) is 37.4 Å². The highest BCUT2D eigenvalue weighted by Gasteiger charge is 2.16. The lowest BCUT2D eigenvalue weighted by atomic mass is 10.2. The number of hydrogen-bond acceptors (Lipinski definition) is 2. The molecule has 0 aliphatic rings. The van der Waals surface area contributed by atoms with Gasteiger partial charge in [-0.3, -0.25) is 0 Å². The predicted molar refractivity (Wildman–Crippen MR) is 70.4 cm³/mol. The first kappa shape index (κ1) is 11.2. The minimum Gasteiger partial charge on any atom is -0.147 e. The Morgan fingerprint density at radius 2 is 2.13 bits per heavy atom. The number of thiophene rings is 2. The molecular weight excluding hydrogens is 244 g/mol. The molecule has 80 valence electrons. The topological polar surface area (TPSA) is 0 Å². The second-order valence-corrected chi connectivity index (χ2v) is 6.07. The molecule has 2 aromatic rings. The molecule has 0 N–H and O–H groups in total. The van der Waals surface area contributed by atoms with Gasteiger partial charge in [0.25, 0.3) is 0 Å². The molecule has 0 radical (unpaired) electrons. The van der Waals surface area contributed by atoms with Crippen LogP contribution < -0.4 is 0 Å². The minimum atomic E-state index is 0.0373. The van der Waals surface area contributed by atoms with Gasteiger partial charge in [-0.1, -0.05) is 6.92 Å². The predicted octanol–water partition coefficient (Wildman–Crippen LogP) is 5.01. The van der Waals surface area contributed by atoms with Crippen molar-refractivity contribution >= 4 is 34.3 Å². The molecule has 0 fully saturated rings. The summed E-state index contributed by atoms with van der Waals surface area (Å²) < 4.78 is 0. The normalized spacial score (nSPS) is 13.0. The van der Waals surface area contributed by atoms with Gasteiger partial charge in [0.15, 0.2) is 0 Å². The summed E-state index contributed by atoms with van der Waals surface area (Å²) in [4.78, 5) is 3.95. The van der Waals surface area contributed by atoms with Crippen molar-refractivity contribution in [3.63, 3.8) is 0 Å². The highest BCUT2D eigenvalue weighted by atomic mass is 35.5. The van der Waals surface area contributed by atoms with E-state index in [1.807, 2.05) is 11.3 Å². The average molecular weight is 257 g/mol. The maximum Gasteiger partial charge on any atom is 0.102 e. The van der Waals surface area contributed by atoms with Crippen LogP contribution in [0.1, 0.15) is 32.5 Å². The summed E-state index contributed by atoms with van der Waals surface area (Å²) in [5.41, 5.74) is 1.30. The molecule has 0 amide bonds. The van der Waals surface area contributed by atoms with E-state index in [1.54, 1.807) is 11.3 Å². The molecule has 2 aromatic heterocycles. The van der Waals surface area contributed by atoms with Crippen molar-refractivity contribution in [1.82, 2.24) is 0 Å². The van der Waals surface area contributed by atoms with Gasteiger partial charge >= 0.3 is 0 Å². The lowest BCUT2D eigenvalue weighted by molar-refractivity contribution is 1.19. The van der Waals surface area contributed by atoms with Gasteiger partial charge in [-0.05, 0) is 42.5 Å². The first-order valence-electron chi connectivity index (χ1n) is 4.99. The smallest absolute Gasteiger partial charge is 0.102 e. The standard InChI is InChI=1S/C12H13ClS2/c1-3-9-4-5-10(15-9)11(13)12-8(2)6-7-14-12/h4-7,11H,3H2,1-2H3. The SMILES string of the molecule is CCc1ccc(C(Cl)c2sccc2C)s1. The van der Waals surface area contributed by atoms with Crippen LogP contribution in [0.15, 0.2) is 23.6 Å². The first-order valence-corrected chi connectivity index (χ1v) is 7.12. The second-order valence-electron chi connectivity index (χ2n) is 3.49. The van der Waals surface area contributed by atoms with Gasteiger partial charge in [-0.25, -0.2) is 0 Å². The summed E-state index contributed by atoms with van der Waals surface area (Å²) >= 11 is 10.0. The van der Waals surface area contributed by atoms with Crippen LogP contribution in [-0.2, 0) is 6.42 Å². The van der Waals surface area contributed by atoms with Gasteiger partial charge in [0, 0.05) is 14.6 Å². The van der Waals surface area contributed by atoms with Crippen LogP contribution in [0.5, 0.6) is 0 Å². The summed E-state index contributed by atoms with van der Waals surface area (Å²) in [5, 5.41) is 2.14. The molecule has 0 nitrogen and oxygen atoms in total. The van der Waals surface area contributed by atoms with Gasteiger partial charge in [-0.2, -0.15) is 0 Å². The van der Waals surface area contributed by atoms with E-state index < -0.39 is 0 Å². The molecule has 0 spiro atoms. The van der Waals surface area contributed by atoms with E-state index in [4.69, 9.17) is 11.6 Å². The lowest BCUT2D eigenvalue weighted by Crippen LogP contribution is -1.87. The van der Waals surface area contributed by atoms with Gasteiger partial charge in [0.2, 0.25) is 0 Å². The van der Waals surface area contributed by atoms with Gasteiger partial charge < -0.3 is 0 Å². The summed E-state index contributed by atoms with van der Waals surface area (Å²) in [6.07, 6.45) is 1.09. The lowest BCUT2D eigenvalue weighted by Gasteiger charge is -2.05. The fraction of sp³-hybridized carbons (Fsp3) is 0.333. The maximum absolute atomic E-state index is 6.47. The zero-order valence-corrected chi connectivity index (χ0v) is 11.2. The van der Waals surface area contributed by atoms with Crippen molar-refractivity contribution in [3.05, 3.63) is 43.8 Å². The molecule has 3 heteroatoms. The van der Waals surface area contributed by atoms with Crippen molar-refractivity contribution in [2.24, 2.45) is 0 Å². The van der Waals surface area contributed by atoms with Crippen LogP contribution in [0.4, 0.5) is 0 Å². The number of alkyl halides is 1. The molecule has 2 heterocycles. The Balaban J connectivity index is 2.28. The molecule has 1 atom stereocenters. The van der Waals surface area contributed by atoms with Crippen LogP contribution in [0.3, 0.4) is 0 Å². The van der Waals surface area contributed by atoms with Crippen LogP contribution in [0.25, 0.3) is 0 Å². The Morgan fingerprint density at radius 3 is 2.67 bits per heavy atom. The van der Waals surface area contributed by atoms with E-state index in [1.165, 1.54) is 20.2 Å². The Morgan fingerprint density at radius 1 is 1.33 bits per heavy atom. The molecule has 0 saturated carbocycles. The van der Waals surface area contributed by atoms with Crippen molar-refractivity contribution in [3.8, 4) is 0 Å². The Hall–Kier alpha value is -0.310. The largest absolute Gasteiger partial charge is 0.147 e. The molecule has 2 rings (SSSR count). The van der Waals surface area contributed by atoms with E-state index in [0.29, 0.717) is 0 Å². The van der Waals surface area contributed by atoms with E-state index >= 15 is 0 Å². The summed E-state index contributed by atoms with van der Waals surface area (Å²) in [7, 11) is 0. The fourth-order valence-corrected chi connectivity index (χ4v) is 3.96. The molecule has 0 aliphatic heterocycles. The number of hydrogen-bond donors (Lipinski definition) is 0. The van der Waals surface area contributed by atoms with Crippen molar-refractivity contribution in [1.29, 1.82) is 0 Å². The third kappa shape index (κ3) is 2.27. The van der Waals surface area contributed by atoms with Crippen LogP contribution in [0, 0.1) is 6.92 Å². The Kier molecular flexibility index (Phi) is 3.49. The second kappa shape index (κ2) is 4.69. The molecular formula is C12H13ClS2. The van der Waals surface area contributed by atoms with Gasteiger partial charge in [0.1, 0.15) is 5.38 Å². The van der Waals surface area contributed by atoms with Crippen molar-refractivity contribution in [2.45, 2.75) is 25.6 Å². The molecule has 0 aliphatic carbocycles. The summed E-state index contributed by atoms with van der Waals surface area (Å²) in [6.45, 7) is 4.30. The summed E-state index contributed by atoms with van der Waals surface area (Å²) in [5.74, 6) is 0. The minimum absolute atomic E-state index is 0.0373. The average Bonchev–Trinajstić information content (AvgIpc) is 2.84. The Bertz CT molecular complexity index is 442. The highest BCUT2D eigenvalue weighted by molar-refractivity contribution is 7.13. The maximum atomic E-state index is 6.47. The molecule has 0 saturated heterocycles. The van der Waals surface area contributed by atoms with Crippen LogP contribution in [0.2, 0.25) is 0 Å². The fourth-order valence-electron chi connectivity index (χ4n) is 1.49. The summed E-state index contributed by atoms with van der Waals surface area (Å²) in [6, 6.07) is 6.46.